The van der Waals surface area contributed by atoms with Crippen LogP contribution in [0.2, 0.25) is 0 Å². The number of nitrogens with one attached hydrogen (secondary N) is 2. The molecule has 0 aliphatic rings. The third-order valence-electron chi connectivity index (χ3n) is 1.81. The van der Waals surface area contributed by atoms with Gasteiger partial charge in [-0.15, -0.1) is 0 Å². The summed E-state index contributed by atoms with van der Waals surface area (Å²) in [5.41, 5.74) is 5.23. The first-order chi connectivity index (χ1) is 6.93. The van der Waals surface area contributed by atoms with Crippen LogP contribution < -0.4 is 10.5 Å². The van der Waals surface area contributed by atoms with Gasteiger partial charge in [0.05, 0.1) is 18.4 Å². The molecule has 15 heavy (non-hydrogen) atoms. The van der Waals surface area contributed by atoms with Crippen molar-refractivity contribution < 1.29 is 13.2 Å². The predicted octanol–water partition coefficient (Wildman–Crippen LogP) is -0.343. The summed E-state index contributed by atoms with van der Waals surface area (Å²) in [6.07, 6.45) is 0.462. The zero-order valence-electron chi connectivity index (χ0n) is 9.12. The molecule has 0 radical (unpaired) electrons. The Morgan fingerprint density at radius 1 is 1.53 bits per heavy atom. The van der Waals surface area contributed by atoms with E-state index >= 15 is 0 Å². The number of nitrogens with two attached hydrogens (primary N) is 1. The summed E-state index contributed by atoms with van der Waals surface area (Å²) < 4.78 is 30.2. The summed E-state index contributed by atoms with van der Waals surface area (Å²) >= 11 is 0. The van der Waals surface area contributed by atoms with Crippen LogP contribution in [0.4, 0.5) is 0 Å². The largest absolute Gasteiger partial charge is 0.386 e. The van der Waals surface area contributed by atoms with Gasteiger partial charge >= 0.3 is 0 Å². The lowest BCUT2D eigenvalue weighted by molar-refractivity contribution is 0.163. The fraction of sp³-hybridized carbons (Fsp3) is 0.875. The summed E-state index contributed by atoms with van der Waals surface area (Å²) in [6.45, 7) is 4.20. The Bertz CT molecular complexity index is 290. The van der Waals surface area contributed by atoms with Crippen molar-refractivity contribution in [1.82, 2.24) is 4.72 Å². The second-order valence-electron chi connectivity index (χ2n) is 3.05. The summed E-state index contributed by atoms with van der Waals surface area (Å²) in [5.74, 6) is -0.276. The van der Waals surface area contributed by atoms with Crippen molar-refractivity contribution in [3.05, 3.63) is 0 Å². The minimum absolute atomic E-state index is 0.107. The summed E-state index contributed by atoms with van der Waals surface area (Å²) in [4.78, 5) is 0. The molecule has 1 atom stereocenters. The van der Waals surface area contributed by atoms with Crippen LogP contribution in [0.1, 0.15) is 20.3 Å². The van der Waals surface area contributed by atoms with Crippen LogP contribution in [0.3, 0.4) is 0 Å². The molecular weight excluding hydrogens is 218 g/mol. The number of hydrogen-bond acceptors (Lipinski definition) is 4. The quantitative estimate of drug-likeness (QED) is 0.305. The number of sulfonamides is 1. The lowest BCUT2D eigenvalue weighted by atomic mass is 10.2. The Labute approximate surface area is 90.7 Å². The highest BCUT2D eigenvalue weighted by molar-refractivity contribution is 7.89. The Morgan fingerprint density at radius 2 is 2.13 bits per heavy atom. The van der Waals surface area contributed by atoms with Gasteiger partial charge in [-0.1, -0.05) is 6.92 Å². The topological polar surface area (TPSA) is 105 Å². The molecule has 0 aliphatic heterocycles. The predicted molar refractivity (Wildman–Crippen MR) is 59.4 cm³/mol. The first kappa shape index (κ1) is 14.3. The minimum atomic E-state index is -3.41. The highest BCUT2D eigenvalue weighted by Gasteiger charge is 2.18. The van der Waals surface area contributed by atoms with E-state index in [9.17, 15) is 8.42 Å². The van der Waals surface area contributed by atoms with Crippen LogP contribution in [0.15, 0.2) is 0 Å². The number of rotatable bonds is 8. The molecule has 0 aromatic heterocycles. The second kappa shape index (κ2) is 6.76. The lowest BCUT2D eigenvalue weighted by Crippen LogP contribution is -2.44. The Morgan fingerprint density at radius 3 is 2.53 bits per heavy atom. The molecule has 0 bridgehead atoms. The van der Waals surface area contributed by atoms with Gasteiger partial charge in [-0.3, -0.25) is 5.41 Å². The van der Waals surface area contributed by atoms with Gasteiger partial charge in [-0.2, -0.15) is 0 Å². The van der Waals surface area contributed by atoms with Crippen molar-refractivity contribution in [3.63, 3.8) is 0 Å². The van der Waals surface area contributed by atoms with Crippen LogP contribution >= 0.6 is 0 Å². The normalized spacial score (nSPS) is 13.7. The molecule has 0 heterocycles. The lowest BCUT2D eigenvalue weighted by Gasteiger charge is -2.15. The highest BCUT2D eigenvalue weighted by Crippen LogP contribution is 1.95. The molecule has 1 unspecified atom stereocenters. The van der Waals surface area contributed by atoms with Crippen molar-refractivity contribution in [2.75, 3.05) is 19.0 Å². The summed E-state index contributed by atoms with van der Waals surface area (Å²) in [6, 6.07) is -0.614. The number of amidine groups is 1. The Balaban J connectivity index is 4.17. The van der Waals surface area contributed by atoms with E-state index in [4.69, 9.17) is 15.9 Å². The monoisotopic (exact) mass is 237 g/mol. The van der Waals surface area contributed by atoms with Gasteiger partial charge in [0.1, 0.15) is 5.84 Å². The Hall–Kier alpha value is -0.660. The standard InChI is InChI=1S/C8H19N3O3S/c1-3-7(8(9)10)11-15(12,13)6-5-14-4-2/h7,11H,3-6H2,1-2H3,(H3,9,10). The maximum absolute atomic E-state index is 11.4. The van der Waals surface area contributed by atoms with E-state index in [0.29, 0.717) is 13.0 Å². The molecule has 7 heteroatoms. The number of ether oxygens (including phenoxy) is 1. The third kappa shape index (κ3) is 6.43. The smallest absolute Gasteiger partial charge is 0.214 e. The van der Waals surface area contributed by atoms with Gasteiger partial charge in [0.2, 0.25) is 10.0 Å². The maximum Gasteiger partial charge on any atom is 0.214 e. The molecule has 90 valence electrons. The van der Waals surface area contributed by atoms with Crippen LogP contribution in [0, 0.1) is 5.41 Å². The fourth-order valence-electron chi connectivity index (χ4n) is 0.955. The van der Waals surface area contributed by atoms with Crippen LogP contribution in [0.25, 0.3) is 0 Å². The van der Waals surface area contributed by atoms with Crippen molar-refractivity contribution in [1.29, 1.82) is 5.41 Å². The van der Waals surface area contributed by atoms with Crippen molar-refractivity contribution in [2.45, 2.75) is 26.3 Å². The first-order valence-corrected chi connectivity index (χ1v) is 6.49. The van der Waals surface area contributed by atoms with Crippen molar-refractivity contribution >= 4 is 15.9 Å². The van der Waals surface area contributed by atoms with E-state index < -0.39 is 16.1 Å². The van der Waals surface area contributed by atoms with E-state index in [-0.39, 0.29) is 18.2 Å². The van der Waals surface area contributed by atoms with Crippen molar-refractivity contribution in [2.24, 2.45) is 5.73 Å². The molecule has 0 rings (SSSR count). The molecule has 6 nitrogen and oxygen atoms in total. The van der Waals surface area contributed by atoms with E-state index in [1.54, 1.807) is 13.8 Å². The highest BCUT2D eigenvalue weighted by atomic mass is 32.2. The molecule has 0 aliphatic carbocycles. The molecule has 0 aromatic carbocycles. The Kier molecular flexibility index (Phi) is 6.46. The van der Waals surface area contributed by atoms with Gasteiger partial charge in [0, 0.05) is 6.61 Å². The molecule has 0 saturated heterocycles. The van der Waals surface area contributed by atoms with E-state index in [2.05, 4.69) is 4.72 Å². The summed E-state index contributed by atoms with van der Waals surface area (Å²) in [7, 11) is -3.41. The zero-order valence-corrected chi connectivity index (χ0v) is 9.93. The molecule has 0 aromatic rings. The average Bonchev–Trinajstić information content (AvgIpc) is 2.14. The van der Waals surface area contributed by atoms with E-state index in [1.165, 1.54) is 0 Å². The van der Waals surface area contributed by atoms with E-state index in [1.807, 2.05) is 0 Å². The van der Waals surface area contributed by atoms with Gasteiger partial charge < -0.3 is 10.5 Å². The first-order valence-electron chi connectivity index (χ1n) is 4.84. The molecule has 0 fully saturated rings. The molecule has 0 spiro atoms. The molecular formula is C8H19N3O3S. The van der Waals surface area contributed by atoms with Crippen molar-refractivity contribution in [3.8, 4) is 0 Å². The van der Waals surface area contributed by atoms with Gasteiger partial charge in [0.15, 0.2) is 0 Å². The van der Waals surface area contributed by atoms with E-state index in [0.717, 1.165) is 0 Å². The van der Waals surface area contributed by atoms with Crippen LogP contribution in [-0.4, -0.2) is 39.3 Å². The second-order valence-corrected chi connectivity index (χ2v) is 4.92. The minimum Gasteiger partial charge on any atom is -0.386 e. The van der Waals surface area contributed by atoms with Gasteiger partial charge in [-0.25, -0.2) is 13.1 Å². The third-order valence-corrected chi connectivity index (χ3v) is 3.15. The molecule has 0 amide bonds. The maximum atomic E-state index is 11.4. The summed E-state index contributed by atoms with van der Waals surface area (Å²) in [5, 5.41) is 7.16. The van der Waals surface area contributed by atoms with Crippen LogP contribution in [0.5, 0.6) is 0 Å². The van der Waals surface area contributed by atoms with Crippen LogP contribution in [-0.2, 0) is 14.8 Å². The number of hydrogen-bond donors (Lipinski definition) is 3. The molecule has 4 N–H and O–H groups in total. The zero-order chi connectivity index (χ0) is 11.9. The SMILES string of the molecule is CCOCCS(=O)(=O)NC(CC)C(=N)N. The van der Waals surface area contributed by atoms with Gasteiger partial charge in [-0.05, 0) is 13.3 Å². The fourth-order valence-corrected chi connectivity index (χ4v) is 2.14. The van der Waals surface area contributed by atoms with Gasteiger partial charge in [0.25, 0.3) is 0 Å². The molecule has 0 saturated carbocycles. The average molecular weight is 237 g/mol.